The number of anilines is 1. The Bertz CT molecular complexity index is 910. The van der Waals surface area contributed by atoms with Crippen molar-refractivity contribution in [2.24, 2.45) is 5.92 Å². The molecule has 0 aromatic carbocycles. The van der Waals surface area contributed by atoms with Crippen molar-refractivity contribution in [2.45, 2.75) is 18.9 Å². The van der Waals surface area contributed by atoms with Crippen molar-refractivity contribution >= 4 is 22.7 Å². The number of methoxy groups -OCH3 is 1. The van der Waals surface area contributed by atoms with Crippen molar-refractivity contribution in [1.82, 2.24) is 19.9 Å². The van der Waals surface area contributed by atoms with E-state index >= 15 is 0 Å². The molecule has 1 fully saturated rings. The zero-order chi connectivity index (χ0) is 17.2. The Morgan fingerprint density at radius 3 is 2.64 bits per heavy atom. The first-order valence-electron chi connectivity index (χ1n) is 8.11. The van der Waals surface area contributed by atoms with Gasteiger partial charge in [0.25, 0.3) is 0 Å². The van der Waals surface area contributed by atoms with E-state index in [1.54, 1.807) is 24.8 Å². The Balaban J connectivity index is 1.65. The number of esters is 1. The molecule has 126 valence electrons. The van der Waals surface area contributed by atoms with E-state index in [-0.39, 0.29) is 17.9 Å². The summed E-state index contributed by atoms with van der Waals surface area (Å²) in [6.07, 6.45) is 8.37. The summed E-state index contributed by atoms with van der Waals surface area (Å²) in [6, 6.07) is 5.83. The summed E-state index contributed by atoms with van der Waals surface area (Å²) in [5.41, 5.74) is 1.67. The average Bonchev–Trinajstić information content (AvgIpc) is 2.64. The van der Waals surface area contributed by atoms with E-state index in [0.717, 1.165) is 35.1 Å². The van der Waals surface area contributed by atoms with E-state index < -0.39 is 0 Å². The third-order valence-electron chi connectivity index (χ3n) is 4.45. The van der Waals surface area contributed by atoms with Crippen LogP contribution in [0.25, 0.3) is 22.3 Å². The van der Waals surface area contributed by atoms with Gasteiger partial charge >= 0.3 is 5.97 Å². The van der Waals surface area contributed by atoms with Crippen molar-refractivity contribution in [2.75, 3.05) is 12.4 Å². The fourth-order valence-corrected chi connectivity index (χ4v) is 3.01. The second-order valence-electron chi connectivity index (χ2n) is 6.06. The molecular weight excluding hydrogens is 318 g/mol. The van der Waals surface area contributed by atoms with Gasteiger partial charge in [0.1, 0.15) is 5.82 Å². The average molecular weight is 335 g/mol. The second-order valence-corrected chi connectivity index (χ2v) is 6.06. The third kappa shape index (κ3) is 3.00. The van der Waals surface area contributed by atoms with Crippen LogP contribution in [0.3, 0.4) is 0 Å². The summed E-state index contributed by atoms with van der Waals surface area (Å²) < 4.78 is 4.79. The Morgan fingerprint density at radius 1 is 1.12 bits per heavy atom. The number of carbonyl (C=O) groups excluding carboxylic acids is 1. The number of nitrogens with zero attached hydrogens (tertiary/aromatic N) is 4. The van der Waals surface area contributed by atoms with E-state index in [9.17, 15) is 4.79 Å². The van der Waals surface area contributed by atoms with Crippen LogP contribution in [0, 0.1) is 5.92 Å². The van der Waals surface area contributed by atoms with Crippen LogP contribution < -0.4 is 5.32 Å². The third-order valence-corrected chi connectivity index (χ3v) is 4.45. The van der Waals surface area contributed by atoms with Gasteiger partial charge < -0.3 is 10.1 Å². The molecule has 0 saturated heterocycles. The molecule has 1 saturated carbocycles. The number of ether oxygens (including phenoxy) is 1. The number of pyridine rings is 2. The highest BCUT2D eigenvalue weighted by molar-refractivity contribution is 5.90. The molecule has 1 N–H and O–H groups in total. The fourth-order valence-electron chi connectivity index (χ4n) is 3.01. The predicted molar refractivity (Wildman–Crippen MR) is 92.7 cm³/mol. The summed E-state index contributed by atoms with van der Waals surface area (Å²) in [5, 5.41) is 4.35. The van der Waals surface area contributed by atoms with E-state index in [1.165, 1.54) is 7.11 Å². The van der Waals surface area contributed by atoms with Crippen LogP contribution >= 0.6 is 0 Å². The van der Waals surface area contributed by atoms with Gasteiger partial charge in [0.2, 0.25) is 0 Å². The van der Waals surface area contributed by atoms with Gasteiger partial charge in [0.15, 0.2) is 5.82 Å². The Morgan fingerprint density at radius 2 is 1.88 bits per heavy atom. The molecule has 3 aromatic rings. The minimum absolute atomic E-state index is 0.0306. The number of hydrogen-bond acceptors (Lipinski definition) is 7. The quantitative estimate of drug-likeness (QED) is 0.732. The number of hydrogen-bond donors (Lipinski definition) is 1. The minimum Gasteiger partial charge on any atom is -0.469 e. The van der Waals surface area contributed by atoms with Gasteiger partial charge in [-0.25, -0.2) is 9.97 Å². The second kappa shape index (κ2) is 6.43. The lowest BCUT2D eigenvalue weighted by Crippen LogP contribution is -2.40. The van der Waals surface area contributed by atoms with Gasteiger partial charge in [-0.05, 0) is 31.0 Å². The van der Waals surface area contributed by atoms with Crippen LogP contribution in [0.1, 0.15) is 12.8 Å². The lowest BCUT2D eigenvalue weighted by atomic mass is 9.80. The molecule has 25 heavy (non-hydrogen) atoms. The van der Waals surface area contributed by atoms with Crippen molar-refractivity contribution in [3.8, 4) is 11.4 Å². The highest BCUT2D eigenvalue weighted by Crippen LogP contribution is 2.33. The Hall–Kier alpha value is -3.09. The first kappa shape index (κ1) is 15.4. The predicted octanol–water partition coefficient (Wildman–Crippen LogP) is 2.45. The molecule has 0 amide bonds. The lowest BCUT2D eigenvalue weighted by molar-refractivity contribution is -0.148. The summed E-state index contributed by atoms with van der Waals surface area (Å²) >= 11 is 0. The van der Waals surface area contributed by atoms with Gasteiger partial charge in [-0.2, -0.15) is 0 Å². The molecule has 0 spiro atoms. The molecule has 7 heteroatoms. The minimum atomic E-state index is -0.146. The molecule has 0 aliphatic heterocycles. The number of fused-ring (bicyclic) bond motifs is 1. The zero-order valence-corrected chi connectivity index (χ0v) is 13.7. The Labute approximate surface area is 144 Å². The highest BCUT2D eigenvalue weighted by Gasteiger charge is 2.35. The molecule has 4 rings (SSSR count). The summed E-state index contributed by atoms with van der Waals surface area (Å²) in [6.45, 7) is 0. The number of carbonyl (C=O) groups is 1. The molecule has 7 nitrogen and oxygen atoms in total. The SMILES string of the molecule is COC(=O)C1CC(Nc2nc(-c3ccncc3)nc3cnccc23)C1. The van der Waals surface area contributed by atoms with Crippen molar-refractivity contribution in [3.05, 3.63) is 43.0 Å². The van der Waals surface area contributed by atoms with Gasteiger partial charge in [0.05, 0.1) is 24.7 Å². The first-order valence-corrected chi connectivity index (χ1v) is 8.11. The topological polar surface area (TPSA) is 89.9 Å². The fraction of sp³-hybridized carbons (Fsp3) is 0.278. The van der Waals surface area contributed by atoms with Gasteiger partial charge in [-0.3, -0.25) is 14.8 Å². The lowest BCUT2D eigenvalue weighted by Gasteiger charge is -2.34. The van der Waals surface area contributed by atoms with Crippen molar-refractivity contribution < 1.29 is 9.53 Å². The van der Waals surface area contributed by atoms with Gasteiger partial charge in [-0.1, -0.05) is 0 Å². The zero-order valence-electron chi connectivity index (χ0n) is 13.7. The monoisotopic (exact) mass is 335 g/mol. The summed E-state index contributed by atoms with van der Waals surface area (Å²) in [4.78, 5) is 29.0. The molecule has 3 heterocycles. The van der Waals surface area contributed by atoms with Gasteiger partial charge in [0, 0.05) is 35.6 Å². The van der Waals surface area contributed by atoms with Crippen LogP contribution in [0.15, 0.2) is 43.0 Å². The van der Waals surface area contributed by atoms with Crippen LogP contribution in [0.4, 0.5) is 5.82 Å². The first-order chi connectivity index (χ1) is 12.2. The molecule has 0 atom stereocenters. The number of aromatic nitrogens is 4. The molecule has 1 aliphatic rings. The molecule has 0 radical (unpaired) electrons. The van der Waals surface area contributed by atoms with E-state index in [2.05, 4.69) is 25.3 Å². The maximum Gasteiger partial charge on any atom is 0.308 e. The summed E-state index contributed by atoms with van der Waals surface area (Å²) in [7, 11) is 1.43. The van der Waals surface area contributed by atoms with E-state index in [0.29, 0.717) is 5.82 Å². The Kier molecular flexibility index (Phi) is 3.97. The molecule has 3 aromatic heterocycles. The standard InChI is InChI=1S/C18H17N5O2/c1-25-18(24)12-8-13(9-12)21-17-14-4-7-20-10-15(14)22-16(23-17)11-2-5-19-6-3-11/h2-7,10,12-13H,8-9H2,1H3,(H,21,22,23). The normalized spacial score (nSPS) is 19.2. The van der Waals surface area contributed by atoms with Crippen LogP contribution in [0.5, 0.6) is 0 Å². The maximum atomic E-state index is 11.6. The van der Waals surface area contributed by atoms with E-state index in [4.69, 9.17) is 4.74 Å². The smallest absolute Gasteiger partial charge is 0.308 e. The highest BCUT2D eigenvalue weighted by atomic mass is 16.5. The molecule has 0 bridgehead atoms. The number of nitrogens with one attached hydrogen (secondary N) is 1. The number of rotatable bonds is 4. The summed E-state index contributed by atoms with van der Waals surface area (Å²) in [5.74, 6) is 1.20. The molecular formula is C18H17N5O2. The van der Waals surface area contributed by atoms with Crippen molar-refractivity contribution in [3.63, 3.8) is 0 Å². The maximum absolute atomic E-state index is 11.6. The van der Waals surface area contributed by atoms with Gasteiger partial charge in [-0.15, -0.1) is 0 Å². The van der Waals surface area contributed by atoms with Crippen LogP contribution in [-0.2, 0) is 9.53 Å². The molecule has 0 unspecified atom stereocenters. The van der Waals surface area contributed by atoms with Crippen LogP contribution in [-0.4, -0.2) is 39.1 Å². The largest absolute Gasteiger partial charge is 0.469 e. The molecule has 1 aliphatic carbocycles. The van der Waals surface area contributed by atoms with E-state index in [1.807, 2.05) is 18.2 Å². The van der Waals surface area contributed by atoms with Crippen molar-refractivity contribution in [1.29, 1.82) is 0 Å². The van der Waals surface area contributed by atoms with Crippen LogP contribution in [0.2, 0.25) is 0 Å².